The first-order valence-electron chi connectivity index (χ1n) is 22.7. The second-order valence-electron chi connectivity index (χ2n) is 18.0. The normalized spacial score (nSPS) is 18.5. The number of carbonyl (C=O) groups excluding carboxylic acids is 4. The molecule has 4 aliphatic heterocycles. The maximum absolute atomic E-state index is 16.7. The molecular formula is C49H53F2N7O9S. The molecule has 5 heterocycles. The topological polar surface area (TPSA) is 173 Å². The molecule has 3 saturated heterocycles. The number of nitrogens with zero attached hydrogens (tertiary/aromatic N) is 6. The lowest BCUT2D eigenvalue weighted by atomic mass is 9.87. The minimum Gasteiger partial charge on any atom is -0.493 e. The summed E-state index contributed by atoms with van der Waals surface area (Å²) >= 11 is 0. The Labute approximate surface area is 392 Å². The number of hydrogen-bond acceptors (Lipinski definition) is 12. The van der Waals surface area contributed by atoms with Crippen LogP contribution in [0.1, 0.15) is 82.8 Å². The van der Waals surface area contributed by atoms with Crippen molar-refractivity contribution in [3.8, 4) is 23.0 Å². The van der Waals surface area contributed by atoms with E-state index in [0.29, 0.717) is 72.2 Å². The Bertz CT molecular complexity index is 2910. The number of alkyl halides is 1. The maximum Gasteiger partial charge on any atom is 0.329 e. The highest BCUT2D eigenvalue weighted by Gasteiger charge is 2.45. The molecule has 0 bridgehead atoms. The SMILES string of the molecule is CCOc1cc([C@@H](CS(C)(=O)=O)N2C(=O)c3cccc(N4CCC(F)(CN5CCC(c6ccc(Oc7cc8c(cc7F)c(N7CCC(=O)NC7=O)nn8C)cc6)CC5)CC4)c3C2=O)ccc1OC. The van der Waals surface area contributed by atoms with Gasteiger partial charge in [0.25, 0.3) is 11.8 Å². The van der Waals surface area contributed by atoms with Crippen LogP contribution in [0.4, 0.5) is 25.1 Å². The van der Waals surface area contributed by atoms with E-state index in [4.69, 9.17) is 14.2 Å². The van der Waals surface area contributed by atoms with Crippen LogP contribution < -0.4 is 29.3 Å². The lowest BCUT2D eigenvalue weighted by molar-refractivity contribution is -0.120. The first-order valence-corrected chi connectivity index (χ1v) is 24.8. The van der Waals surface area contributed by atoms with Gasteiger partial charge in [-0.05, 0) is 92.4 Å². The number of aryl methyl sites for hydroxylation is 1. The van der Waals surface area contributed by atoms with Gasteiger partial charge in [0.1, 0.15) is 21.3 Å². The minimum atomic E-state index is -3.69. The number of nitrogens with one attached hydrogen (secondary N) is 1. The Morgan fingerprint density at radius 1 is 0.897 bits per heavy atom. The van der Waals surface area contributed by atoms with Crippen molar-refractivity contribution in [2.75, 3.05) is 74.8 Å². The fourth-order valence-electron chi connectivity index (χ4n) is 9.96. The highest BCUT2D eigenvalue weighted by molar-refractivity contribution is 7.90. The van der Waals surface area contributed by atoms with E-state index in [9.17, 15) is 27.6 Å². The molecule has 3 fully saturated rings. The molecule has 358 valence electrons. The van der Waals surface area contributed by atoms with Crippen LogP contribution in [0.5, 0.6) is 23.0 Å². The van der Waals surface area contributed by atoms with Gasteiger partial charge in [0.15, 0.2) is 28.9 Å². The number of aromatic nitrogens is 2. The van der Waals surface area contributed by atoms with E-state index in [1.807, 2.05) is 17.0 Å². The summed E-state index contributed by atoms with van der Waals surface area (Å²) in [6, 6.07) is 18.5. The van der Waals surface area contributed by atoms with E-state index < -0.39 is 51.0 Å². The summed E-state index contributed by atoms with van der Waals surface area (Å²) in [6.45, 7) is 4.58. The number of piperidine rings is 2. The van der Waals surface area contributed by atoms with Crippen LogP contribution in [0.25, 0.3) is 10.9 Å². The highest BCUT2D eigenvalue weighted by Crippen LogP contribution is 2.42. The molecule has 0 radical (unpaired) electrons. The summed E-state index contributed by atoms with van der Waals surface area (Å²) in [6.07, 6.45) is 3.27. The van der Waals surface area contributed by atoms with Gasteiger partial charge in [-0.1, -0.05) is 24.3 Å². The van der Waals surface area contributed by atoms with Gasteiger partial charge in [-0.2, -0.15) is 5.10 Å². The molecule has 4 aromatic carbocycles. The number of benzene rings is 4. The van der Waals surface area contributed by atoms with Crippen molar-refractivity contribution in [2.45, 2.75) is 56.7 Å². The molecule has 0 saturated carbocycles. The van der Waals surface area contributed by atoms with Crippen LogP contribution >= 0.6 is 0 Å². The summed E-state index contributed by atoms with van der Waals surface area (Å²) in [5.41, 5.74) is 1.47. The number of carbonyl (C=O) groups is 4. The average Bonchev–Trinajstić information content (AvgIpc) is 3.76. The van der Waals surface area contributed by atoms with Gasteiger partial charge in [0, 0.05) is 70.2 Å². The Morgan fingerprint density at radius 2 is 1.63 bits per heavy atom. The summed E-state index contributed by atoms with van der Waals surface area (Å²) < 4.78 is 76.3. The molecule has 1 N–H and O–H groups in total. The molecule has 68 heavy (non-hydrogen) atoms. The molecule has 9 rings (SSSR count). The third-order valence-electron chi connectivity index (χ3n) is 13.4. The van der Waals surface area contributed by atoms with E-state index in [1.54, 1.807) is 62.5 Å². The van der Waals surface area contributed by atoms with Gasteiger partial charge in [0.05, 0.1) is 47.8 Å². The zero-order chi connectivity index (χ0) is 48.1. The average molecular weight is 954 g/mol. The molecule has 0 aliphatic carbocycles. The molecule has 4 aliphatic rings. The third kappa shape index (κ3) is 9.20. The first kappa shape index (κ1) is 46.5. The zero-order valence-corrected chi connectivity index (χ0v) is 39.1. The number of imide groups is 2. The van der Waals surface area contributed by atoms with E-state index >= 15 is 8.78 Å². The molecule has 1 atom stereocenters. The van der Waals surface area contributed by atoms with E-state index in [2.05, 4.69) is 15.3 Å². The fourth-order valence-corrected chi connectivity index (χ4v) is 10.9. The Balaban J connectivity index is 0.807. The van der Waals surface area contributed by atoms with Crippen molar-refractivity contribution in [1.29, 1.82) is 0 Å². The Hall–Kier alpha value is -6.60. The third-order valence-corrected chi connectivity index (χ3v) is 14.4. The Morgan fingerprint density at radius 3 is 2.31 bits per heavy atom. The molecule has 5 amide bonds. The quantitative estimate of drug-likeness (QED) is 0.114. The summed E-state index contributed by atoms with van der Waals surface area (Å²) in [5, 5.41) is 7.11. The first-order chi connectivity index (χ1) is 32.5. The summed E-state index contributed by atoms with van der Waals surface area (Å²) in [4.78, 5) is 59.0. The van der Waals surface area contributed by atoms with Crippen molar-refractivity contribution >= 4 is 56.0 Å². The molecule has 0 unspecified atom stereocenters. The molecule has 0 spiro atoms. The van der Waals surface area contributed by atoms with Crippen molar-refractivity contribution < 1.29 is 50.6 Å². The number of hydrogen-bond donors (Lipinski definition) is 1. The second-order valence-corrected chi connectivity index (χ2v) is 20.2. The van der Waals surface area contributed by atoms with E-state index in [1.165, 1.54) is 28.8 Å². The number of rotatable bonds is 14. The van der Waals surface area contributed by atoms with Gasteiger partial charge in [-0.15, -0.1) is 0 Å². The molecule has 19 heteroatoms. The predicted molar refractivity (Wildman–Crippen MR) is 250 cm³/mol. The number of likely N-dealkylation sites (tertiary alicyclic amines) is 1. The van der Waals surface area contributed by atoms with Gasteiger partial charge in [0.2, 0.25) is 5.91 Å². The van der Waals surface area contributed by atoms with Crippen LogP contribution in [0.2, 0.25) is 0 Å². The molecule has 16 nitrogen and oxygen atoms in total. The highest BCUT2D eigenvalue weighted by atomic mass is 32.2. The van der Waals surface area contributed by atoms with Gasteiger partial charge >= 0.3 is 6.03 Å². The van der Waals surface area contributed by atoms with Crippen molar-refractivity contribution in [3.63, 3.8) is 0 Å². The van der Waals surface area contributed by atoms with E-state index in [-0.39, 0.29) is 66.9 Å². The lowest BCUT2D eigenvalue weighted by Gasteiger charge is -2.42. The molecule has 1 aromatic heterocycles. The number of ether oxygens (including phenoxy) is 3. The van der Waals surface area contributed by atoms with Crippen LogP contribution in [-0.2, 0) is 21.7 Å². The number of methoxy groups -OCH3 is 1. The van der Waals surface area contributed by atoms with Crippen LogP contribution in [-0.4, -0.2) is 122 Å². The van der Waals surface area contributed by atoms with E-state index in [0.717, 1.165) is 29.6 Å². The van der Waals surface area contributed by atoms with Gasteiger partial charge in [-0.3, -0.25) is 34.2 Å². The molecular weight excluding hydrogens is 901 g/mol. The van der Waals surface area contributed by atoms with Crippen molar-refractivity contribution in [1.82, 2.24) is 24.9 Å². The Kier molecular flexibility index (Phi) is 12.6. The van der Waals surface area contributed by atoms with Crippen LogP contribution in [0, 0.1) is 5.82 Å². The number of anilines is 2. The lowest BCUT2D eigenvalue weighted by Crippen LogP contribution is -2.50. The number of urea groups is 1. The number of halogens is 2. The van der Waals surface area contributed by atoms with Crippen LogP contribution in [0.15, 0.2) is 72.8 Å². The zero-order valence-electron chi connectivity index (χ0n) is 38.3. The molecule has 5 aromatic rings. The fraction of sp³-hybridized carbons (Fsp3) is 0.408. The number of fused-ring (bicyclic) bond motifs is 2. The standard InChI is InChI=1S/C49H53F2N7O9S/c1-5-66-42-25-32(11-14-40(42)65-3)39(28-68(4,63)64)58-46(60)34-7-6-8-37(44(34)47(58)61)56-23-18-49(51,19-24-56)29-55-20-15-31(16-21-55)30-9-12-33(13-10-30)67-41-27-38-35(26-36(41)50)45(53-54(38)2)57-22-17-43(59)52-48(57)62/h6-14,25-27,31,39H,5,15-24,28-29H2,1-4H3,(H,52,59,62)/t39-/m1/s1. The predicted octanol–water partition coefficient (Wildman–Crippen LogP) is 6.93. The largest absolute Gasteiger partial charge is 0.493 e. The summed E-state index contributed by atoms with van der Waals surface area (Å²) in [7, 11) is -0.519. The summed E-state index contributed by atoms with van der Waals surface area (Å²) in [5.74, 6) is -0.985. The number of sulfone groups is 1. The second kappa shape index (κ2) is 18.5. The monoisotopic (exact) mass is 953 g/mol. The van der Waals surface area contributed by atoms with Crippen molar-refractivity contribution in [2.24, 2.45) is 7.05 Å². The van der Waals surface area contributed by atoms with Gasteiger partial charge < -0.3 is 24.0 Å². The minimum absolute atomic E-state index is 0.00175. The van der Waals surface area contributed by atoms with Gasteiger partial charge in [-0.25, -0.2) is 22.0 Å². The smallest absolute Gasteiger partial charge is 0.329 e. The van der Waals surface area contributed by atoms with Crippen LogP contribution in [0.3, 0.4) is 0 Å². The maximum atomic E-state index is 16.7. The van der Waals surface area contributed by atoms with Crippen molar-refractivity contribution in [3.05, 3.63) is 101 Å². The number of amides is 5.